The number of nitriles is 1. The average Bonchev–Trinajstić information content (AvgIpc) is 3.05. The van der Waals surface area contributed by atoms with E-state index in [0.717, 1.165) is 11.1 Å². The van der Waals surface area contributed by atoms with Gasteiger partial charge in [0.2, 0.25) is 11.8 Å². The Labute approximate surface area is 142 Å². The highest BCUT2D eigenvalue weighted by atomic mass is 19.1. The molecule has 0 fully saturated rings. The summed E-state index contributed by atoms with van der Waals surface area (Å²) in [5.41, 5.74) is 9.11. The summed E-state index contributed by atoms with van der Waals surface area (Å²) >= 11 is 0. The third-order valence-electron chi connectivity index (χ3n) is 4.11. The number of nitrogens with two attached hydrogens (primary N) is 1. The SMILES string of the molecule is N#CC1=C(N)Oc2n[nH]c(-c3ccc(F)cc3)c2[C@@H]1c1ccncc1. The van der Waals surface area contributed by atoms with E-state index in [1.54, 1.807) is 24.5 Å². The van der Waals surface area contributed by atoms with Gasteiger partial charge in [0.25, 0.3) is 0 Å². The molecule has 1 aromatic carbocycles. The van der Waals surface area contributed by atoms with E-state index in [1.165, 1.54) is 12.1 Å². The molecule has 0 unspecified atom stereocenters. The zero-order valence-electron chi connectivity index (χ0n) is 12.9. The van der Waals surface area contributed by atoms with E-state index in [2.05, 4.69) is 21.3 Å². The first-order valence-corrected chi connectivity index (χ1v) is 7.50. The van der Waals surface area contributed by atoms with Crippen molar-refractivity contribution in [2.24, 2.45) is 5.73 Å². The van der Waals surface area contributed by atoms with Gasteiger partial charge in [-0.2, -0.15) is 5.26 Å². The van der Waals surface area contributed by atoms with Gasteiger partial charge in [-0.25, -0.2) is 4.39 Å². The van der Waals surface area contributed by atoms with E-state index in [9.17, 15) is 9.65 Å². The molecule has 4 rings (SSSR count). The van der Waals surface area contributed by atoms with E-state index >= 15 is 0 Å². The highest BCUT2D eigenvalue weighted by Crippen LogP contribution is 2.45. The number of hydrogen-bond acceptors (Lipinski definition) is 5. The standard InChI is InChI=1S/C18H12FN5O/c19-12-3-1-11(2-4-12)16-15-14(10-5-7-22-8-6-10)13(9-20)17(21)25-18(15)24-23-16/h1-8,14H,21H2,(H,23,24)/t14-/m1/s1. The number of pyridine rings is 1. The lowest BCUT2D eigenvalue weighted by Crippen LogP contribution is -2.21. The number of nitrogens with one attached hydrogen (secondary N) is 1. The highest BCUT2D eigenvalue weighted by molar-refractivity contribution is 5.70. The molecule has 7 heteroatoms. The molecule has 1 aliphatic rings. The summed E-state index contributed by atoms with van der Waals surface area (Å²) < 4.78 is 18.8. The molecule has 0 bridgehead atoms. The van der Waals surface area contributed by atoms with Crippen LogP contribution in [0.5, 0.6) is 5.88 Å². The van der Waals surface area contributed by atoms with Gasteiger partial charge in [0, 0.05) is 18.0 Å². The molecule has 0 radical (unpaired) electrons. The predicted molar refractivity (Wildman–Crippen MR) is 87.5 cm³/mol. The molecule has 3 aromatic rings. The smallest absolute Gasteiger partial charge is 0.244 e. The van der Waals surface area contributed by atoms with Crippen LogP contribution in [0.2, 0.25) is 0 Å². The predicted octanol–water partition coefficient (Wildman–Crippen LogP) is 2.83. The Morgan fingerprint density at radius 1 is 1.16 bits per heavy atom. The largest absolute Gasteiger partial charge is 0.420 e. The van der Waals surface area contributed by atoms with Crippen molar-refractivity contribution in [2.75, 3.05) is 0 Å². The summed E-state index contributed by atoms with van der Waals surface area (Å²) in [5, 5.41) is 16.7. The van der Waals surface area contributed by atoms with Gasteiger partial charge in [-0.15, -0.1) is 5.10 Å². The quantitative estimate of drug-likeness (QED) is 0.751. The molecular weight excluding hydrogens is 321 g/mol. The van der Waals surface area contributed by atoms with Crippen molar-refractivity contribution in [2.45, 2.75) is 5.92 Å². The van der Waals surface area contributed by atoms with Crippen LogP contribution in [0.4, 0.5) is 4.39 Å². The lowest BCUT2D eigenvalue weighted by molar-refractivity contribution is 0.379. The molecule has 0 saturated carbocycles. The molecule has 3 N–H and O–H groups in total. The lowest BCUT2D eigenvalue weighted by Gasteiger charge is -2.23. The van der Waals surface area contributed by atoms with Crippen molar-refractivity contribution in [3.63, 3.8) is 0 Å². The van der Waals surface area contributed by atoms with E-state index in [1.807, 2.05) is 12.1 Å². The molecule has 0 aliphatic carbocycles. The Morgan fingerprint density at radius 2 is 1.88 bits per heavy atom. The molecule has 25 heavy (non-hydrogen) atoms. The number of hydrogen-bond donors (Lipinski definition) is 2. The van der Waals surface area contributed by atoms with Crippen LogP contribution in [0.3, 0.4) is 0 Å². The first kappa shape index (κ1) is 14.9. The summed E-state index contributed by atoms with van der Waals surface area (Å²) in [6, 6.07) is 11.8. The zero-order chi connectivity index (χ0) is 17.4. The highest BCUT2D eigenvalue weighted by Gasteiger charge is 2.35. The Balaban J connectivity index is 1.94. The first-order chi connectivity index (χ1) is 12.2. The number of rotatable bonds is 2. The van der Waals surface area contributed by atoms with Crippen molar-refractivity contribution in [1.82, 2.24) is 15.2 Å². The minimum Gasteiger partial charge on any atom is -0.420 e. The van der Waals surface area contributed by atoms with Crippen molar-refractivity contribution < 1.29 is 9.13 Å². The molecule has 3 heterocycles. The second-order valence-electron chi connectivity index (χ2n) is 5.53. The lowest BCUT2D eigenvalue weighted by atomic mass is 9.83. The zero-order valence-corrected chi connectivity index (χ0v) is 12.9. The molecule has 2 aromatic heterocycles. The topological polar surface area (TPSA) is 101 Å². The van der Waals surface area contributed by atoms with E-state index in [4.69, 9.17) is 10.5 Å². The summed E-state index contributed by atoms with van der Waals surface area (Å²) in [6.07, 6.45) is 3.29. The second-order valence-corrected chi connectivity index (χ2v) is 5.53. The molecular formula is C18H12FN5O. The van der Waals surface area contributed by atoms with Crippen molar-refractivity contribution in [1.29, 1.82) is 5.26 Å². The molecule has 0 saturated heterocycles. The number of H-pyrrole nitrogens is 1. The van der Waals surface area contributed by atoms with Gasteiger partial charge in [-0.3, -0.25) is 10.1 Å². The summed E-state index contributed by atoms with van der Waals surface area (Å²) in [5.74, 6) is -0.455. The second kappa shape index (κ2) is 5.76. The van der Waals surface area contributed by atoms with E-state index in [-0.39, 0.29) is 11.7 Å². The minimum absolute atomic E-state index is 0.0222. The number of fused-ring (bicyclic) bond motifs is 1. The minimum atomic E-state index is -0.449. The fraction of sp³-hybridized carbons (Fsp3) is 0.0556. The number of ether oxygens (including phenoxy) is 1. The number of allylic oxidation sites excluding steroid dienone is 1. The normalized spacial score (nSPS) is 16.1. The molecule has 0 amide bonds. The van der Waals surface area contributed by atoms with Crippen LogP contribution in [0, 0.1) is 17.1 Å². The number of halogens is 1. The maximum atomic E-state index is 13.3. The number of aromatic amines is 1. The van der Waals surface area contributed by atoms with Gasteiger partial charge in [0.05, 0.1) is 17.2 Å². The number of aromatic nitrogens is 3. The third kappa shape index (κ3) is 2.40. The fourth-order valence-electron chi connectivity index (χ4n) is 2.97. The van der Waals surface area contributed by atoms with Gasteiger partial charge in [0.1, 0.15) is 17.5 Å². The van der Waals surface area contributed by atoms with Crippen LogP contribution >= 0.6 is 0 Å². The van der Waals surface area contributed by atoms with E-state index < -0.39 is 5.92 Å². The van der Waals surface area contributed by atoms with Crippen LogP contribution < -0.4 is 10.5 Å². The Morgan fingerprint density at radius 3 is 2.56 bits per heavy atom. The fourth-order valence-corrected chi connectivity index (χ4v) is 2.97. The average molecular weight is 333 g/mol. The molecule has 122 valence electrons. The van der Waals surface area contributed by atoms with Crippen molar-refractivity contribution in [3.05, 3.63) is 77.2 Å². The molecule has 6 nitrogen and oxygen atoms in total. The maximum absolute atomic E-state index is 13.3. The Kier molecular flexibility index (Phi) is 3.43. The van der Waals surface area contributed by atoms with E-state index in [0.29, 0.717) is 22.7 Å². The van der Waals surface area contributed by atoms with Gasteiger partial charge < -0.3 is 10.5 Å². The van der Waals surface area contributed by atoms with Crippen molar-refractivity contribution in [3.8, 4) is 23.2 Å². The van der Waals surface area contributed by atoms with Gasteiger partial charge in [-0.1, -0.05) is 0 Å². The van der Waals surface area contributed by atoms with Gasteiger partial charge in [0.15, 0.2) is 0 Å². The summed E-state index contributed by atoms with van der Waals surface area (Å²) in [4.78, 5) is 4.02. The van der Waals surface area contributed by atoms with Crippen molar-refractivity contribution >= 4 is 0 Å². The van der Waals surface area contributed by atoms with Gasteiger partial charge in [-0.05, 0) is 42.0 Å². The Bertz CT molecular complexity index is 1000. The third-order valence-corrected chi connectivity index (χ3v) is 4.11. The van der Waals surface area contributed by atoms with Crippen LogP contribution in [0.1, 0.15) is 17.0 Å². The van der Waals surface area contributed by atoms with Gasteiger partial charge >= 0.3 is 0 Å². The monoisotopic (exact) mass is 333 g/mol. The van der Waals surface area contributed by atoms with Crippen LogP contribution in [-0.2, 0) is 0 Å². The molecule has 1 aliphatic heterocycles. The van der Waals surface area contributed by atoms with Crippen LogP contribution in [0.25, 0.3) is 11.3 Å². The molecule has 0 spiro atoms. The van der Waals surface area contributed by atoms with Crippen LogP contribution in [-0.4, -0.2) is 15.2 Å². The number of nitrogens with zero attached hydrogens (tertiary/aromatic N) is 3. The Hall–Kier alpha value is -3.66. The summed E-state index contributed by atoms with van der Waals surface area (Å²) in [6.45, 7) is 0. The maximum Gasteiger partial charge on any atom is 0.244 e. The molecule has 1 atom stereocenters. The summed E-state index contributed by atoms with van der Waals surface area (Å²) in [7, 11) is 0. The first-order valence-electron chi connectivity index (χ1n) is 7.50. The van der Waals surface area contributed by atoms with Crippen LogP contribution in [0.15, 0.2) is 60.2 Å². The number of benzene rings is 1.